The van der Waals surface area contributed by atoms with Crippen molar-refractivity contribution in [2.24, 2.45) is 0 Å². The average Bonchev–Trinajstić information content (AvgIpc) is 2.83. The first-order chi connectivity index (χ1) is 15.8. The first kappa shape index (κ1) is 20.7. The molecular formula is C27H30N4O. The van der Waals surface area contributed by atoms with Gasteiger partial charge in [0.25, 0.3) is 0 Å². The fraction of sp³-hybridized carbons (Fsp3) is 0.333. The molecule has 0 radical (unpaired) electrons. The predicted octanol–water partition coefficient (Wildman–Crippen LogP) is 4.74. The van der Waals surface area contributed by atoms with Crippen LogP contribution in [0, 0.1) is 0 Å². The van der Waals surface area contributed by atoms with Crippen molar-refractivity contribution in [3.05, 3.63) is 71.9 Å². The molecule has 164 valence electrons. The second-order valence-electron chi connectivity index (χ2n) is 8.66. The summed E-state index contributed by atoms with van der Waals surface area (Å²) in [5.41, 5.74) is 3.40. The maximum atomic E-state index is 11.6. The molecular weight excluding hydrogens is 396 g/mol. The third-order valence-electron chi connectivity index (χ3n) is 6.49. The van der Waals surface area contributed by atoms with E-state index >= 15 is 0 Å². The number of unbranched alkanes of at least 4 members (excludes halogenated alkanes) is 1. The molecule has 3 aromatic rings. The highest BCUT2D eigenvalue weighted by Gasteiger charge is 2.18. The molecule has 1 saturated heterocycles. The van der Waals surface area contributed by atoms with Crippen molar-refractivity contribution in [3.63, 3.8) is 0 Å². The number of nitrogens with zero attached hydrogens (tertiary/aromatic N) is 3. The van der Waals surface area contributed by atoms with Gasteiger partial charge in [0, 0.05) is 43.7 Å². The van der Waals surface area contributed by atoms with Crippen molar-refractivity contribution in [1.82, 2.24) is 9.88 Å². The van der Waals surface area contributed by atoms with E-state index in [0.29, 0.717) is 6.42 Å². The summed E-state index contributed by atoms with van der Waals surface area (Å²) in [5.74, 6) is 0.791. The Morgan fingerprint density at radius 3 is 2.69 bits per heavy atom. The smallest absolute Gasteiger partial charge is 0.225 e. The Morgan fingerprint density at radius 2 is 1.78 bits per heavy atom. The van der Waals surface area contributed by atoms with Crippen LogP contribution in [-0.4, -0.2) is 48.5 Å². The van der Waals surface area contributed by atoms with Crippen molar-refractivity contribution in [1.29, 1.82) is 0 Å². The molecule has 1 N–H and O–H groups in total. The third kappa shape index (κ3) is 4.68. The van der Waals surface area contributed by atoms with Gasteiger partial charge >= 0.3 is 0 Å². The van der Waals surface area contributed by atoms with E-state index in [2.05, 4.69) is 80.8 Å². The number of allylic oxidation sites excluding steroid dienone is 1. The lowest BCUT2D eigenvalue weighted by atomic mass is 10.1. The van der Waals surface area contributed by atoms with Crippen LogP contribution in [0.5, 0.6) is 0 Å². The van der Waals surface area contributed by atoms with Crippen LogP contribution in [0.15, 0.2) is 60.7 Å². The molecule has 1 fully saturated rings. The molecule has 0 saturated carbocycles. The lowest BCUT2D eigenvalue weighted by molar-refractivity contribution is -0.116. The predicted molar refractivity (Wildman–Crippen MR) is 132 cm³/mol. The van der Waals surface area contributed by atoms with Gasteiger partial charge in [-0.05, 0) is 55.0 Å². The molecule has 0 unspecified atom stereocenters. The fourth-order valence-electron chi connectivity index (χ4n) is 4.68. The van der Waals surface area contributed by atoms with Crippen molar-refractivity contribution in [3.8, 4) is 0 Å². The maximum Gasteiger partial charge on any atom is 0.225 e. The molecule has 2 aliphatic heterocycles. The van der Waals surface area contributed by atoms with E-state index in [9.17, 15) is 4.79 Å². The Morgan fingerprint density at radius 1 is 0.938 bits per heavy atom. The summed E-state index contributed by atoms with van der Waals surface area (Å²) in [5, 5.41) is 5.54. The molecule has 0 aliphatic carbocycles. The summed E-state index contributed by atoms with van der Waals surface area (Å²) in [7, 11) is 0. The van der Waals surface area contributed by atoms with Gasteiger partial charge in [0.2, 0.25) is 5.91 Å². The van der Waals surface area contributed by atoms with Crippen molar-refractivity contribution in [2.45, 2.75) is 25.7 Å². The highest BCUT2D eigenvalue weighted by atomic mass is 16.1. The third-order valence-corrected chi connectivity index (χ3v) is 6.49. The van der Waals surface area contributed by atoms with Crippen molar-refractivity contribution >= 4 is 34.3 Å². The fourth-order valence-corrected chi connectivity index (χ4v) is 4.68. The molecule has 5 rings (SSSR count). The van der Waals surface area contributed by atoms with E-state index in [4.69, 9.17) is 0 Å². The number of amides is 1. The number of carbonyl (C=O) groups excluding carboxylic acids is 1. The number of fused-ring (bicyclic) bond motifs is 2. The monoisotopic (exact) mass is 426 g/mol. The first-order valence-electron chi connectivity index (χ1n) is 11.7. The van der Waals surface area contributed by atoms with Gasteiger partial charge in [0.1, 0.15) is 5.82 Å². The van der Waals surface area contributed by atoms with Crippen molar-refractivity contribution in [2.75, 3.05) is 42.9 Å². The second-order valence-corrected chi connectivity index (χ2v) is 8.66. The van der Waals surface area contributed by atoms with Crippen LogP contribution in [0.4, 0.5) is 11.5 Å². The summed E-state index contributed by atoms with van der Waals surface area (Å²) < 4.78 is 0. The minimum atomic E-state index is 0.0617. The molecule has 0 bridgehead atoms. The molecule has 3 heterocycles. The molecule has 0 spiro atoms. The standard InChI is InChI=1S/C27H30N4O/c32-26-15-13-22-12-14-23(28-27(22)29-26)9-2-1-5-16-30-17-19-31(20-18-30)25-11-6-8-21-7-3-4-10-24(21)25/h2-4,6-12,14H,1,5,13,15-20H2,(H,28,29,32)/b9-2+. The zero-order valence-corrected chi connectivity index (χ0v) is 18.5. The topological polar surface area (TPSA) is 48.5 Å². The lowest BCUT2D eigenvalue weighted by Gasteiger charge is -2.36. The maximum absolute atomic E-state index is 11.6. The van der Waals surface area contributed by atoms with Gasteiger partial charge in [-0.25, -0.2) is 4.98 Å². The minimum absolute atomic E-state index is 0.0617. The highest BCUT2D eigenvalue weighted by Crippen LogP contribution is 2.27. The quantitative estimate of drug-likeness (QED) is 0.579. The number of anilines is 2. The largest absolute Gasteiger partial charge is 0.368 e. The Hall–Kier alpha value is -3.18. The van der Waals surface area contributed by atoms with Gasteiger partial charge in [-0.15, -0.1) is 0 Å². The number of hydrogen-bond donors (Lipinski definition) is 1. The number of pyridine rings is 1. The van der Waals surface area contributed by atoms with Gasteiger partial charge in [-0.1, -0.05) is 48.5 Å². The molecule has 5 heteroatoms. The minimum Gasteiger partial charge on any atom is -0.368 e. The van der Waals surface area contributed by atoms with Gasteiger partial charge in [0.15, 0.2) is 0 Å². The van der Waals surface area contributed by atoms with Crippen LogP contribution in [0.25, 0.3) is 16.8 Å². The number of rotatable bonds is 6. The second kappa shape index (κ2) is 9.53. The van der Waals surface area contributed by atoms with E-state index in [1.54, 1.807) is 0 Å². The molecule has 5 nitrogen and oxygen atoms in total. The number of aromatic nitrogens is 1. The Balaban J connectivity index is 1.08. The zero-order valence-electron chi connectivity index (χ0n) is 18.5. The number of nitrogens with one attached hydrogen (secondary N) is 1. The van der Waals surface area contributed by atoms with Gasteiger partial charge in [-0.2, -0.15) is 0 Å². The zero-order chi connectivity index (χ0) is 21.8. The van der Waals surface area contributed by atoms with E-state index in [-0.39, 0.29) is 5.91 Å². The van der Waals surface area contributed by atoms with Crippen LogP contribution in [-0.2, 0) is 11.2 Å². The summed E-state index contributed by atoms with van der Waals surface area (Å²) in [6.07, 6.45) is 7.79. The van der Waals surface area contributed by atoms with Crippen molar-refractivity contribution < 1.29 is 4.79 Å². The summed E-state index contributed by atoms with van der Waals surface area (Å²) in [4.78, 5) is 21.2. The summed E-state index contributed by atoms with van der Waals surface area (Å²) in [6.45, 7) is 5.50. The molecule has 0 atom stereocenters. The summed E-state index contributed by atoms with van der Waals surface area (Å²) in [6, 6.07) is 19.4. The number of hydrogen-bond acceptors (Lipinski definition) is 4. The number of carbonyl (C=O) groups is 1. The van der Waals surface area contributed by atoms with E-state index < -0.39 is 0 Å². The van der Waals surface area contributed by atoms with Crippen LogP contribution in [0.2, 0.25) is 0 Å². The van der Waals surface area contributed by atoms with Gasteiger partial charge in [-0.3, -0.25) is 9.69 Å². The molecule has 32 heavy (non-hydrogen) atoms. The molecule has 1 aromatic heterocycles. The van der Waals surface area contributed by atoms with Gasteiger partial charge in [0.05, 0.1) is 5.69 Å². The molecule has 1 amide bonds. The van der Waals surface area contributed by atoms with E-state index in [0.717, 1.165) is 69.1 Å². The number of aryl methyl sites for hydroxylation is 1. The van der Waals surface area contributed by atoms with Crippen LogP contribution in [0.3, 0.4) is 0 Å². The Kier molecular flexibility index (Phi) is 6.17. The normalized spacial score (nSPS) is 17.0. The van der Waals surface area contributed by atoms with Gasteiger partial charge < -0.3 is 10.2 Å². The Labute approximate surface area is 189 Å². The first-order valence-corrected chi connectivity index (χ1v) is 11.7. The summed E-state index contributed by atoms with van der Waals surface area (Å²) >= 11 is 0. The van der Waals surface area contributed by atoms with Crippen LogP contribution in [0.1, 0.15) is 30.5 Å². The number of benzene rings is 2. The highest BCUT2D eigenvalue weighted by molar-refractivity contribution is 5.94. The number of piperazine rings is 1. The van der Waals surface area contributed by atoms with E-state index in [1.165, 1.54) is 16.5 Å². The average molecular weight is 427 g/mol. The molecule has 2 aliphatic rings. The lowest BCUT2D eigenvalue weighted by Crippen LogP contribution is -2.46. The molecule has 2 aromatic carbocycles. The SMILES string of the molecule is O=C1CCc2ccc(/C=C/CCCN3CCN(c4cccc5ccccc45)CC3)nc2N1. The van der Waals surface area contributed by atoms with E-state index in [1.807, 2.05) is 6.07 Å². The Bertz CT molecular complexity index is 1130. The van der Waals surface area contributed by atoms with Crippen LogP contribution < -0.4 is 10.2 Å². The van der Waals surface area contributed by atoms with Crippen LogP contribution >= 0.6 is 0 Å².